The van der Waals surface area contributed by atoms with E-state index in [1.165, 1.54) is 0 Å². The van der Waals surface area contributed by atoms with Gasteiger partial charge in [0.2, 0.25) is 0 Å². The molecule has 0 radical (unpaired) electrons. The van der Waals surface area contributed by atoms with E-state index in [-0.39, 0.29) is 5.91 Å². The van der Waals surface area contributed by atoms with Crippen LogP contribution in [0.1, 0.15) is 23.2 Å². The Morgan fingerprint density at radius 1 is 1.35 bits per heavy atom. The normalized spacial score (nSPS) is 17.8. The molecule has 6 nitrogen and oxygen atoms in total. The smallest absolute Gasteiger partial charge is 0.253 e. The standard InChI is InChI=1S/C17H21N5O/c1-18-15-6-3-9-22(12-15)17(23)13-4-2-5-14(10-13)21-16-11-19-7-8-20-16/h2,4-5,7-8,10-11,15,18H,3,6,9,12H2,1H3,(H,20,21)/t15-/m0/s1. The van der Waals surface area contributed by atoms with E-state index < -0.39 is 0 Å². The monoisotopic (exact) mass is 311 g/mol. The Morgan fingerprint density at radius 3 is 3.04 bits per heavy atom. The first-order valence-electron chi connectivity index (χ1n) is 7.86. The lowest BCUT2D eigenvalue weighted by molar-refractivity contribution is 0.0698. The molecule has 1 saturated heterocycles. The van der Waals surface area contributed by atoms with E-state index in [0.717, 1.165) is 31.6 Å². The summed E-state index contributed by atoms with van der Waals surface area (Å²) in [6.45, 7) is 1.58. The summed E-state index contributed by atoms with van der Waals surface area (Å²) in [6, 6.07) is 7.89. The summed E-state index contributed by atoms with van der Waals surface area (Å²) in [5, 5.41) is 6.43. The van der Waals surface area contributed by atoms with Gasteiger partial charge in [0.05, 0.1) is 6.20 Å². The van der Waals surface area contributed by atoms with E-state index in [1.807, 2.05) is 36.2 Å². The molecule has 1 atom stereocenters. The highest BCUT2D eigenvalue weighted by molar-refractivity contribution is 5.95. The third kappa shape index (κ3) is 3.84. The van der Waals surface area contributed by atoms with Gasteiger partial charge in [0.15, 0.2) is 0 Å². The molecule has 0 aliphatic carbocycles. The molecular formula is C17H21N5O. The van der Waals surface area contributed by atoms with Gasteiger partial charge in [-0.25, -0.2) is 4.98 Å². The second-order valence-corrected chi connectivity index (χ2v) is 5.68. The Labute approximate surface area is 135 Å². The zero-order valence-electron chi connectivity index (χ0n) is 13.2. The van der Waals surface area contributed by atoms with Gasteiger partial charge in [-0.3, -0.25) is 9.78 Å². The topological polar surface area (TPSA) is 70.2 Å². The summed E-state index contributed by atoms with van der Waals surface area (Å²) in [5.74, 6) is 0.734. The fourth-order valence-electron chi connectivity index (χ4n) is 2.82. The van der Waals surface area contributed by atoms with Crippen LogP contribution in [0.25, 0.3) is 0 Å². The molecule has 3 rings (SSSR count). The first-order valence-corrected chi connectivity index (χ1v) is 7.86. The molecule has 1 amide bonds. The maximum absolute atomic E-state index is 12.7. The Morgan fingerprint density at radius 2 is 2.26 bits per heavy atom. The summed E-state index contributed by atoms with van der Waals surface area (Å²) < 4.78 is 0. The maximum Gasteiger partial charge on any atom is 0.253 e. The summed E-state index contributed by atoms with van der Waals surface area (Å²) in [6.07, 6.45) is 7.06. The van der Waals surface area contributed by atoms with Crippen LogP contribution in [-0.4, -0.2) is 47.0 Å². The Balaban J connectivity index is 1.72. The van der Waals surface area contributed by atoms with E-state index in [4.69, 9.17) is 0 Å². The predicted molar refractivity (Wildman–Crippen MR) is 89.7 cm³/mol. The Kier molecular flexibility index (Phi) is 4.83. The number of anilines is 2. The molecule has 2 heterocycles. The fourth-order valence-corrected chi connectivity index (χ4v) is 2.82. The average molecular weight is 311 g/mol. The van der Waals surface area contributed by atoms with Crippen molar-refractivity contribution >= 4 is 17.4 Å². The van der Waals surface area contributed by atoms with Crippen LogP contribution < -0.4 is 10.6 Å². The molecule has 0 saturated carbocycles. The highest BCUT2D eigenvalue weighted by Crippen LogP contribution is 2.18. The van der Waals surface area contributed by atoms with Crippen LogP contribution in [0.4, 0.5) is 11.5 Å². The van der Waals surface area contributed by atoms with Crippen molar-refractivity contribution < 1.29 is 4.79 Å². The fraction of sp³-hybridized carbons (Fsp3) is 0.353. The van der Waals surface area contributed by atoms with Crippen molar-refractivity contribution in [3.05, 3.63) is 48.4 Å². The van der Waals surface area contributed by atoms with Crippen LogP contribution in [-0.2, 0) is 0 Å². The summed E-state index contributed by atoms with van der Waals surface area (Å²) in [5.41, 5.74) is 1.52. The van der Waals surface area contributed by atoms with Gasteiger partial charge in [0, 0.05) is 42.8 Å². The zero-order valence-corrected chi connectivity index (χ0v) is 13.2. The highest BCUT2D eigenvalue weighted by atomic mass is 16.2. The van der Waals surface area contributed by atoms with Gasteiger partial charge in [-0.05, 0) is 38.1 Å². The zero-order chi connectivity index (χ0) is 16.1. The lowest BCUT2D eigenvalue weighted by atomic mass is 10.0. The second-order valence-electron chi connectivity index (χ2n) is 5.68. The molecule has 1 aliphatic rings. The van der Waals surface area contributed by atoms with Gasteiger partial charge in [0.1, 0.15) is 5.82 Å². The molecular weight excluding hydrogens is 290 g/mol. The van der Waals surface area contributed by atoms with Gasteiger partial charge < -0.3 is 15.5 Å². The number of hydrogen-bond acceptors (Lipinski definition) is 5. The number of hydrogen-bond donors (Lipinski definition) is 2. The van der Waals surface area contributed by atoms with Gasteiger partial charge in [0.25, 0.3) is 5.91 Å². The van der Waals surface area contributed by atoms with E-state index >= 15 is 0 Å². The number of piperidine rings is 1. The minimum atomic E-state index is 0.0766. The summed E-state index contributed by atoms with van der Waals surface area (Å²) in [4.78, 5) is 22.8. The van der Waals surface area contributed by atoms with Crippen LogP contribution >= 0.6 is 0 Å². The number of carbonyl (C=O) groups is 1. The van der Waals surface area contributed by atoms with Crippen molar-refractivity contribution in [1.29, 1.82) is 0 Å². The van der Waals surface area contributed by atoms with Gasteiger partial charge in [-0.1, -0.05) is 6.07 Å². The van der Waals surface area contributed by atoms with Crippen molar-refractivity contribution in [2.45, 2.75) is 18.9 Å². The van der Waals surface area contributed by atoms with Crippen molar-refractivity contribution in [1.82, 2.24) is 20.2 Å². The number of rotatable bonds is 4. The van der Waals surface area contributed by atoms with E-state index in [2.05, 4.69) is 20.6 Å². The molecule has 2 N–H and O–H groups in total. The molecule has 1 aromatic carbocycles. The number of amides is 1. The van der Waals surface area contributed by atoms with Crippen molar-refractivity contribution in [3.8, 4) is 0 Å². The molecule has 2 aromatic rings. The number of carbonyl (C=O) groups excluding carboxylic acids is 1. The first-order chi connectivity index (χ1) is 11.3. The largest absolute Gasteiger partial charge is 0.339 e. The molecule has 120 valence electrons. The lowest BCUT2D eigenvalue weighted by Gasteiger charge is -2.32. The first kappa shape index (κ1) is 15.4. The van der Waals surface area contributed by atoms with Gasteiger partial charge >= 0.3 is 0 Å². The molecule has 1 aliphatic heterocycles. The summed E-state index contributed by atoms with van der Waals surface area (Å²) in [7, 11) is 1.95. The highest BCUT2D eigenvalue weighted by Gasteiger charge is 2.23. The van der Waals surface area contributed by atoms with Crippen LogP contribution in [0, 0.1) is 0 Å². The minimum absolute atomic E-state index is 0.0766. The maximum atomic E-state index is 12.7. The number of benzene rings is 1. The van der Waals surface area contributed by atoms with E-state index in [0.29, 0.717) is 17.4 Å². The van der Waals surface area contributed by atoms with Crippen LogP contribution in [0.5, 0.6) is 0 Å². The number of nitrogens with one attached hydrogen (secondary N) is 2. The Bertz CT molecular complexity index is 661. The number of aromatic nitrogens is 2. The third-order valence-corrected chi connectivity index (χ3v) is 4.06. The molecule has 0 spiro atoms. The van der Waals surface area contributed by atoms with E-state index in [9.17, 15) is 4.79 Å². The van der Waals surface area contributed by atoms with Crippen molar-refractivity contribution in [3.63, 3.8) is 0 Å². The van der Waals surface area contributed by atoms with Crippen molar-refractivity contribution in [2.24, 2.45) is 0 Å². The molecule has 0 bridgehead atoms. The average Bonchev–Trinajstić information content (AvgIpc) is 2.62. The lowest BCUT2D eigenvalue weighted by Crippen LogP contribution is -2.46. The van der Waals surface area contributed by atoms with Gasteiger partial charge in [-0.2, -0.15) is 0 Å². The molecule has 1 fully saturated rings. The second kappa shape index (κ2) is 7.19. The molecule has 23 heavy (non-hydrogen) atoms. The van der Waals surface area contributed by atoms with Crippen LogP contribution in [0.3, 0.4) is 0 Å². The SMILES string of the molecule is CN[C@H]1CCCN(C(=O)c2cccc(Nc3cnccn3)c2)C1. The quantitative estimate of drug-likeness (QED) is 0.904. The Hall–Kier alpha value is -2.47. The summed E-state index contributed by atoms with van der Waals surface area (Å²) >= 11 is 0. The van der Waals surface area contributed by atoms with Gasteiger partial charge in [-0.15, -0.1) is 0 Å². The van der Waals surface area contributed by atoms with Crippen molar-refractivity contribution in [2.75, 3.05) is 25.5 Å². The number of likely N-dealkylation sites (N-methyl/N-ethyl adjacent to an activating group) is 1. The van der Waals surface area contributed by atoms with E-state index in [1.54, 1.807) is 18.6 Å². The number of nitrogens with zero attached hydrogens (tertiary/aromatic N) is 3. The molecule has 1 aromatic heterocycles. The molecule has 6 heteroatoms. The molecule has 0 unspecified atom stereocenters. The number of likely N-dealkylation sites (tertiary alicyclic amines) is 1. The minimum Gasteiger partial charge on any atom is -0.339 e. The predicted octanol–water partition coefficient (Wildman–Crippen LogP) is 2.04. The third-order valence-electron chi connectivity index (χ3n) is 4.06. The van der Waals surface area contributed by atoms with Crippen LogP contribution in [0.2, 0.25) is 0 Å². The van der Waals surface area contributed by atoms with Crippen LogP contribution in [0.15, 0.2) is 42.9 Å².